The van der Waals surface area contributed by atoms with Crippen molar-refractivity contribution in [3.63, 3.8) is 0 Å². The summed E-state index contributed by atoms with van der Waals surface area (Å²) in [7, 11) is 0. The predicted molar refractivity (Wildman–Crippen MR) is 94.6 cm³/mol. The van der Waals surface area contributed by atoms with E-state index < -0.39 is 0 Å². The van der Waals surface area contributed by atoms with Gasteiger partial charge in [0, 0.05) is 23.7 Å². The molecule has 0 radical (unpaired) electrons. The van der Waals surface area contributed by atoms with Crippen molar-refractivity contribution in [2.45, 2.75) is 32.9 Å². The molecule has 2 aromatic rings. The number of nitrogens with one attached hydrogen (secondary N) is 1. The summed E-state index contributed by atoms with van der Waals surface area (Å²) in [6, 6.07) is 9.61. The maximum atomic E-state index is 5.94. The summed E-state index contributed by atoms with van der Waals surface area (Å²) >= 11 is 0. The number of aromatic nitrogens is 1. The maximum Gasteiger partial charge on any atom is 0.194 e. The Morgan fingerprint density at radius 2 is 2.33 bits per heavy atom. The monoisotopic (exact) mass is 326 g/mol. The number of benzene rings is 1. The Labute approximate surface area is 141 Å². The molecular formula is C18H22N4O2. The fraction of sp³-hybridized carbons (Fsp3) is 0.333. The van der Waals surface area contributed by atoms with Crippen molar-refractivity contribution in [2.24, 2.45) is 10.7 Å². The highest BCUT2D eigenvalue weighted by Gasteiger charge is 2.21. The number of aliphatic imine (C=N–C) groups is 1. The molecule has 6 heteroatoms. The van der Waals surface area contributed by atoms with E-state index in [0.717, 1.165) is 23.5 Å². The molecule has 1 aromatic heterocycles. The Hall–Kier alpha value is -2.76. The van der Waals surface area contributed by atoms with Gasteiger partial charge in [0.15, 0.2) is 5.96 Å². The molecular weight excluding hydrogens is 304 g/mol. The number of nitrogens with zero attached hydrogens (tertiary/aromatic N) is 2. The summed E-state index contributed by atoms with van der Waals surface area (Å²) in [4.78, 5) is 8.54. The zero-order chi connectivity index (χ0) is 16.9. The highest BCUT2D eigenvalue weighted by molar-refractivity contribution is 5.91. The molecule has 2 heterocycles. The van der Waals surface area contributed by atoms with Gasteiger partial charge in [0.1, 0.15) is 23.4 Å². The van der Waals surface area contributed by atoms with Gasteiger partial charge in [0.25, 0.3) is 0 Å². The molecule has 1 unspecified atom stereocenters. The minimum absolute atomic E-state index is 0.198. The molecule has 6 nitrogen and oxygen atoms in total. The lowest BCUT2D eigenvalue weighted by atomic mass is 10.1. The van der Waals surface area contributed by atoms with Crippen molar-refractivity contribution in [2.75, 3.05) is 11.9 Å². The van der Waals surface area contributed by atoms with Crippen molar-refractivity contribution >= 4 is 11.8 Å². The van der Waals surface area contributed by atoms with E-state index in [2.05, 4.69) is 28.3 Å². The van der Waals surface area contributed by atoms with Gasteiger partial charge in [-0.25, -0.2) is 9.98 Å². The first-order valence-electron chi connectivity index (χ1n) is 8.09. The topological polar surface area (TPSA) is 81.8 Å². The summed E-state index contributed by atoms with van der Waals surface area (Å²) < 4.78 is 11.6. The molecule has 1 atom stereocenters. The first-order chi connectivity index (χ1) is 11.7. The second-order valence-corrected chi connectivity index (χ2v) is 5.67. The smallest absolute Gasteiger partial charge is 0.194 e. The van der Waals surface area contributed by atoms with E-state index in [1.807, 2.05) is 31.2 Å². The van der Waals surface area contributed by atoms with Crippen molar-refractivity contribution < 1.29 is 9.47 Å². The Balaban J connectivity index is 1.76. The lowest BCUT2D eigenvalue weighted by Gasteiger charge is -2.11. The number of guanidine groups is 1. The number of nitrogens with two attached hydrogens (primary N) is 1. The molecule has 3 N–H and O–H groups in total. The molecule has 1 aromatic carbocycles. The largest absolute Gasteiger partial charge is 0.494 e. The zero-order valence-corrected chi connectivity index (χ0v) is 14.0. The summed E-state index contributed by atoms with van der Waals surface area (Å²) in [6.07, 6.45) is 2.80. The van der Waals surface area contributed by atoms with Gasteiger partial charge in [-0.2, -0.15) is 0 Å². The molecule has 1 aliphatic heterocycles. The van der Waals surface area contributed by atoms with Crippen LogP contribution in [0.3, 0.4) is 0 Å². The number of rotatable bonds is 5. The van der Waals surface area contributed by atoms with Crippen LogP contribution in [0.1, 0.15) is 25.0 Å². The lowest BCUT2D eigenvalue weighted by molar-refractivity contribution is 0.254. The summed E-state index contributed by atoms with van der Waals surface area (Å²) in [5.41, 5.74) is 8.07. The number of fused-ring (bicyclic) bond motifs is 1. The van der Waals surface area contributed by atoms with Crippen LogP contribution in [-0.2, 0) is 13.0 Å². The number of hydrogen-bond acceptors (Lipinski definition) is 4. The summed E-state index contributed by atoms with van der Waals surface area (Å²) in [5, 5.41) is 2.97. The molecule has 3 rings (SSSR count). The molecule has 1 aliphatic rings. The fourth-order valence-electron chi connectivity index (χ4n) is 2.67. The maximum absolute atomic E-state index is 5.94. The second kappa shape index (κ2) is 7.21. The molecule has 0 bridgehead atoms. The van der Waals surface area contributed by atoms with Crippen LogP contribution in [-0.4, -0.2) is 23.7 Å². The quantitative estimate of drug-likeness (QED) is 0.652. The first kappa shape index (κ1) is 16.1. The normalized spacial score (nSPS) is 16.4. The SMILES string of the molecule is CCOc1cc2c(cc1CN=C(N)Nc1ccccn1)OC(C)C2. The third kappa shape index (κ3) is 3.76. The van der Waals surface area contributed by atoms with Crippen molar-refractivity contribution in [1.29, 1.82) is 0 Å². The van der Waals surface area contributed by atoms with E-state index in [1.165, 1.54) is 5.56 Å². The van der Waals surface area contributed by atoms with Gasteiger partial charge in [0.2, 0.25) is 0 Å². The molecule has 126 valence electrons. The molecule has 0 spiro atoms. The van der Waals surface area contributed by atoms with E-state index in [4.69, 9.17) is 15.2 Å². The van der Waals surface area contributed by atoms with E-state index in [-0.39, 0.29) is 6.10 Å². The van der Waals surface area contributed by atoms with E-state index in [0.29, 0.717) is 24.9 Å². The van der Waals surface area contributed by atoms with E-state index >= 15 is 0 Å². The predicted octanol–water partition coefficient (Wildman–Crippen LogP) is 2.73. The summed E-state index contributed by atoms with van der Waals surface area (Å²) in [5.74, 6) is 2.72. The number of pyridine rings is 1. The summed E-state index contributed by atoms with van der Waals surface area (Å²) in [6.45, 7) is 5.04. The van der Waals surface area contributed by atoms with Gasteiger partial charge in [-0.3, -0.25) is 0 Å². The van der Waals surface area contributed by atoms with Gasteiger partial charge in [-0.15, -0.1) is 0 Å². The minimum atomic E-state index is 0.198. The van der Waals surface area contributed by atoms with Crippen molar-refractivity contribution in [3.05, 3.63) is 47.7 Å². The van der Waals surface area contributed by atoms with Crippen LogP contribution >= 0.6 is 0 Å². The zero-order valence-electron chi connectivity index (χ0n) is 14.0. The van der Waals surface area contributed by atoms with Crippen LogP contribution in [0.5, 0.6) is 11.5 Å². The Morgan fingerprint density at radius 3 is 3.08 bits per heavy atom. The van der Waals surface area contributed by atoms with Crippen LogP contribution in [0.25, 0.3) is 0 Å². The van der Waals surface area contributed by atoms with Crippen molar-refractivity contribution in [1.82, 2.24) is 4.98 Å². The third-order valence-electron chi connectivity index (χ3n) is 3.72. The standard InChI is InChI=1S/C18H22N4O2/c1-3-23-15-9-13-8-12(2)24-16(13)10-14(15)11-21-18(19)22-17-6-4-5-7-20-17/h4-7,9-10,12H,3,8,11H2,1-2H3,(H3,19,20,21,22). The molecule has 0 saturated heterocycles. The van der Waals surface area contributed by atoms with Crippen LogP contribution in [0, 0.1) is 0 Å². The molecule has 0 fully saturated rings. The Kier molecular flexibility index (Phi) is 4.84. The molecule has 0 amide bonds. The number of anilines is 1. The van der Waals surface area contributed by atoms with Crippen molar-refractivity contribution in [3.8, 4) is 11.5 Å². The average molecular weight is 326 g/mol. The van der Waals surface area contributed by atoms with E-state index in [1.54, 1.807) is 6.20 Å². The lowest BCUT2D eigenvalue weighted by Crippen LogP contribution is -2.23. The van der Waals surface area contributed by atoms with Gasteiger partial charge >= 0.3 is 0 Å². The fourth-order valence-corrected chi connectivity index (χ4v) is 2.67. The highest BCUT2D eigenvalue weighted by atomic mass is 16.5. The van der Waals surface area contributed by atoms with Crippen LogP contribution in [0.2, 0.25) is 0 Å². The number of ether oxygens (including phenoxy) is 2. The first-order valence-corrected chi connectivity index (χ1v) is 8.09. The van der Waals surface area contributed by atoms with Crippen LogP contribution in [0.4, 0.5) is 5.82 Å². The Bertz CT molecular complexity index is 731. The highest BCUT2D eigenvalue weighted by Crippen LogP contribution is 2.35. The molecule has 24 heavy (non-hydrogen) atoms. The molecule has 0 saturated carbocycles. The van der Waals surface area contributed by atoms with Crippen LogP contribution in [0.15, 0.2) is 41.5 Å². The third-order valence-corrected chi connectivity index (χ3v) is 3.72. The van der Waals surface area contributed by atoms with Crippen LogP contribution < -0.4 is 20.5 Å². The number of hydrogen-bond donors (Lipinski definition) is 2. The van der Waals surface area contributed by atoms with E-state index in [9.17, 15) is 0 Å². The minimum Gasteiger partial charge on any atom is -0.494 e. The Morgan fingerprint density at radius 1 is 1.46 bits per heavy atom. The average Bonchev–Trinajstić information content (AvgIpc) is 2.93. The van der Waals surface area contributed by atoms with Gasteiger partial charge in [-0.1, -0.05) is 6.07 Å². The van der Waals surface area contributed by atoms with Gasteiger partial charge < -0.3 is 20.5 Å². The second-order valence-electron chi connectivity index (χ2n) is 5.67. The van der Waals surface area contributed by atoms with Gasteiger partial charge in [-0.05, 0) is 38.1 Å². The van der Waals surface area contributed by atoms with Gasteiger partial charge in [0.05, 0.1) is 13.2 Å². The molecule has 0 aliphatic carbocycles.